The van der Waals surface area contributed by atoms with Crippen LogP contribution in [-0.2, 0) is 15.1 Å². The first kappa shape index (κ1) is 17.8. The van der Waals surface area contributed by atoms with E-state index < -0.39 is 17.2 Å². The fourth-order valence-corrected chi connectivity index (χ4v) is 2.23. The number of hydrogen-bond donors (Lipinski definition) is 0. The van der Waals surface area contributed by atoms with Crippen LogP contribution in [0.3, 0.4) is 0 Å². The van der Waals surface area contributed by atoms with Crippen molar-refractivity contribution in [2.24, 2.45) is 0 Å². The molecule has 116 valence electrons. The molecule has 6 heteroatoms. The van der Waals surface area contributed by atoms with Gasteiger partial charge in [-0.3, -0.25) is 4.90 Å². The van der Waals surface area contributed by atoms with E-state index in [-0.39, 0.29) is 0 Å². The van der Waals surface area contributed by atoms with Crippen LogP contribution in [0.25, 0.3) is 0 Å². The molecule has 1 rings (SSSR count). The Labute approximate surface area is 135 Å². The second kappa shape index (κ2) is 6.24. The molecule has 0 fully saturated rings. The van der Waals surface area contributed by atoms with Crippen LogP contribution in [-0.4, -0.2) is 29.9 Å². The van der Waals surface area contributed by atoms with Gasteiger partial charge in [-0.15, -0.1) is 0 Å². The standard InChI is InChI=1S/C15H19Cl2NO3/c1-14(2,3)21-13(20)18(5)15(4,9-19)10-6-11(16)8-12(17)7-10/h6-9H,1-5H3. The molecule has 0 aliphatic rings. The monoisotopic (exact) mass is 331 g/mol. The minimum atomic E-state index is -1.23. The number of hydrogen-bond acceptors (Lipinski definition) is 3. The zero-order chi connectivity index (χ0) is 16.4. The third-order valence-electron chi connectivity index (χ3n) is 3.04. The highest BCUT2D eigenvalue weighted by molar-refractivity contribution is 6.34. The van der Waals surface area contributed by atoms with Crippen molar-refractivity contribution in [3.63, 3.8) is 0 Å². The van der Waals surface area contributed by atoms with Crippen molar-refractivity contribution >= 4 is 35.6 Å². The smallest absolute Gasteiger partial charge is 0.411 e. The lowest BCUT2D eigenvalue weighted by atomic mass is 9.92. The van der Waals surface area contributed by atoms with Gasteiger partial charge in [-0.2, -0.15) is 0 Å². The SMILES string of the molecule is CN(C(=O)OC(C)(C)C)C(C)(C=O)c1cc(Cl)cc(Cl)c1. The highest BCUT2D eigenvalue weighted by Crippen LogP contribution is 2.31. The maximum Gasteiger partial charge on any atom is 0.411 e. The molecule has 1 unspecified atom stereocenters. The summed E-state index contributed by atoms with van der Waals surface area (Å²) in [4.78, 5) is 25.0. The summed E-state index contributed by atoms with van der Waals surface area (Å²) in [7, 11) is 1.50. The minimum absolute atomic E-state index is 0.392. The number of benzene rings is 1. The van der Waals surface area contributed by atoms with E-state index in [9.17, 15) is 9.59 Å². The molecule has 0 aromatic heterocycles. The topological polar surface area (TPSA) is 46.6 Å². The van der Waals surface area contributed by atoms with Gasteiger partial charge < -0.3 is 9.53 Å². The molecule has 1 amide bonds. The van der Waals surface area contributed by atoms with E-state index in [0.717, 1.165) is 0 Å². The number of carbonyl (C=O) groups is 2. The van der Waals surface area contributed by atoms with E-state index in [1.54, 1.807) is 45.9 Å². The van der Waals surface area contributed by atoms with Gasteiger partial charge in [-0.1, -0.05) is 23.2 Å². The first-order valence-electron chi connectivity index (χ1n) is 6.39. The lowest BCUT2D eigenvalue weighted by Gasteiger charge is -2.35. The van der Waals surface area contributed by atoms with Gasteiger partial charge in [-0.05, 0) is 51.5 Å². The second-order valence-corrected chi connectivity index (χ2v) is 6.84. The normalized spacial score (nSPS) is 14.2. The molecule has 1 atom stereocenters. The molecule has 0 heterocycles. The van der Waals surface area contributed by atoms with Crippen molar-refractivity contribution in [2.45, 2.75) is 38.8 Å². The Morgan fingerprint density at radius 2 is 1.62 bits per heavy atom. The molecule has 1 aromatic rings. The molecule has 21 heavy (non-hydrogen) atoms. The van der Waals surface area contributed by atoms with E-state index >= 15 is 0 Å². The van der Waals surface area contributed by atoms with Crippen molar-refractivity contribution in [3.05, 3.63) is 33.8 Å². The van der Waals surface area contributed by atoms with E-state index in [1.165, 1.54) is 11.9 Å². The van der Waals surface area contributed by atoms with Gasteiger partial charge in [0.1, 0.15) is 17.4 Å². The summed E-state index contributed by atoms with van der Waals surface area (Å²) in [6, 6.07) is 4.76. The maximum atomic E-state index is 12.2. The molecule has 1 aromatic carbocycles. The van der Waals surface area contributed by atoms with Crippen molar-refractivity contribution < 1.29 is 14.3 Å². The van der Waals surface area contributed by atoms with Crippen LogP contribution in [0.4, 0.5) is 4.79 Å². The Kier molecular flexibility index (Phi) is 5.29. The number of ether oxygens (including phenoxy) is 1. The summed E-state index contributed by atoms with van der Waals surface area (Å²) in [6.07, 6.45) is 0.0621. The molecule has 0 N–H and O–H groups in total. The molecule has 0 bridgehead atoms. The number of carbonyl (C=O) groups excluding carboxylic acids is 2. The van der Waals surface area contributed by atoms with Crippen LogP contribution in [0.1, 0.15) is 33.3 Å². The number of amides is 1. The Morgan fingerprint density at radius 3 is 2.00 bits per heavy atom. The largest absolute Gasteiger partial charge is 0.444 e. The molecule has 0 aliphatic heterocycles. The molecular formula is C15H19Cl2NO3. The lowest BCUT2D eigenvalue weighted by Crippen LogP contribution is -2.48. The van der Waals surface area contributed by atoms with E-state index in [2.05, 4.69) is 0 Å². The quantitative estimate of drug-likeness (QED) is 0.777. The van der Waals surface area contributed by atoms with Crippen molar-refractivity contribution in [3.8, 4) is 0 Å². The summed E-state index contributed by atoms with van der Waals surface area (Å²) >= 11 is 11.9. The predicted octanol–water partition coefficient (Wildman–Crippen LogP) is 4.27. The van der Waals surface area contributed by atoms with Gasteiger partial charge in [-0.25, -0.2) is 4.79 Å². The molecule has 0 radical (unpaired) electrons. The average Bonchev–Trinajstić information content (AvgIpc) is 2.33. The summed E-state index contributed by atoms with van der Waals surface area (Å²) < 4.78 is 5.29. The Morgan fingerprint density at radius 1 is 1.14 bits per heavy atom. The third-order valence-corrected chi connectivity index (χ3v) is 3.48. The van der Waals surface area contributed by atoms with Crippen molar-refractivity contribution in [2.75, 3.05) is 7.05 Å². The molecule has 0 aliphatic carbocycles. The van der Waals surface area contributed by atoms with Crippen LogP contribution in [0.15, 0.2) is 18.2 Å². The molecule has 4 nitrogen and oxygen atoms in total. The molecule has 0 spiro atoms. The van der Waals surface area contributed by atoms with E-state index in [4.69, 9.17) is 27.9 Å². The summed E-state index contributed by atoms with van der Waals surface area (Å²) in [5.41, 5.74) is -1.36. The van der Waals surface area contributed by atoms with Gasteiger partial charge >= 0.3 is 6.09 Å². The summed E-state index contributed by atoms with van der Waals surface area (Å²) in [5.74, 6) is 0. The first-order chi connectivity index (χ1) is 9.49. The van der Waals surface area contributed by atoms with Gasteiger partial charge in [0.25, 0.3) is 0 Å². The van der Waals surface area contributed by atoms with Crippen molar-refractivity contribution in [1.29, 1.82) is 0 Å². The van der Waals surface area contributed by atoms with Crippen LogP contribution in [0.5, 0.6) is 0 Å². The number of halogens is 2. The highest BCUT2D eigenvalue weighted by atomic mass is 35.5. The lowest BCUT2D eigenvalue weighted by molar-refractivity contribution is -0.117. The maximum absolute atomic E-state index is 12.2. The summed E-state index contributed by atoms with van der Waals surface area (Å²) in [6.45, 7) is 6.87. The Balaban J connectivity index is 3.19. The van der Waals surface area contributed by atoms with Crippen LogP contribution in [0, 0.1) is 0 Å². The minimum Gasteiger partial charge on any atom is -0.444 e. The average molecular weight is 332 g/mol. The highest BCUT2D eigenvalue weighted by Gasteiger charge is 2.37. The molecular weight excluding hydrogens is 313 g/mol. The van der Waals surface area contributed by atoms with Crippen LogP contribution < -0.4 is 0 Å². The van der Waals surface area contributed by atoms with Gasteiger partial charge in [0, 0.05) is 17.1 Å². The van der Waals surface area contributed by atoms with Crippen LogP contribution >= 0.6 is 23.2 Å². The molecule has 0 saturated carbocycles. The van der Waals surface area contributed by atoms with E-state index in [0.29, 0.717) is 21.9 Å². The van der Waals surface area contributed by atoms with Gasteiger partial charge in [0.05, 0.1) is 0 Å². The van der Waals surface area contributed by atoms with Crippen LogP contribution in [0.2, 0.25) is 10.0 Å². The fourth-order valence-electron chi connectivity index (χ4n) is 1.71. The zero-order valence-electron chi connectivity index (χ0n) is 12.7. The van der Waals surface area contributed by atoms with Crippen molar-refractivity contribution in [1.82, 2.24) is 4.90 Å². The Hall–Kier alpha value is -1.26. The zero-order valence-corrected chi connectivity index (χ0v) is 14.2. The van der Waals surface area contributed by atoms with E-state index in [1.807, 2.05) is 0 Å². The van der Waals surface area contributed by atoms with Gasteiger partial charge in [0.15, 0.2) is 0 Å². The fraction of sp³-hybridized carbons (Fsp3) is 0.467. The number of nitrogens with zero attached hydrogens (tertiary/aromatic N) is 1. The number of likely N-dealkylation sites (N-methyl/N-ethyl adjacent to an activating group) is 1. The number of aldehydes is 1. The first-order valence-corrected chi connectivity index (χ1v) is 7.15. The third kappa shape index (κ3) is 4.35. The van der Waals surface area contributed by atoms with Gasteiger partial charge in [0.2, 0.25) is 0 Å². The second-order valence-electron chi connectivity index (χ2n) is 5.96. The molecule has 0 saturated heterocycles. The predicted molar refractivity (Wildman–Crippen MR) is 83.9 cm³/mol. The number of rotatable bonds is 3. The summed E-state index contributed by atoms with van der Waals surface area (Å²) in [5, 5.41) is 0.784. The Bertz CT molecular complexity index is 534.